The van der Waals surface area contributed by atoms with Gasteiger partial charge in [-0.2, -0.15) is 0 Å². The normalized spacial score (nSPS) is 12.8. The molecule has 2 aliphatic rings. The number of anilines is 6. The minimum atomic E-state index is -0.280. The van der Waals surface area contributed by atoms with E-state index in [1.54, 1.807) is 0 Å². The van der Waals surface area contributed by atoms with Crippen LogP contribution in [0.1, 0.15) is 0 Å². The topological polar surface area (TPSA) is 45.9 Å². The molecule has 0 aliphatic carbocycles. The van der Waals surface area contributed by atoms with Crippen LogP contribution < -0.4 is 26.2 Å². The molecule has 0 amide bonds. The molecule has 0 fully saturated rings. The molecule has 3 aromatic heterocycles. The molecule has 362 valence electrons. The van der Waals surface area contributed by atoms with E-state index >= 15 is 0 Å². The van der Waals surface area contributed by atoms with Crippen LogP contribution >= 0.6 is 0 Å². The molecule has 5 nitrogen and oxygen atoms in total. The summed E-state index contributed by atoms with van der Waals surface area (Å²) in [7, 11) is 0. The Kier molecular flexibility index (Phi) is 9.15. The first-order valence-electron chi connectivity index (χ1n) is 26.7. The van der Waals surface area contributed by atoms with Crippen LogP contribution in [-0.4, -0.2) is 6.71 Å². The second-order valence-corrected chi connectivity index (χ2v) is 20.7. The predicted molar refractivity (Wildman–Crippen MR) is 324 cm³/mol. The predicted octanol–water partition coefficient (Wildman–Crippen LogP) is 18.1. The fourth-order valence-electron chi connectivity index (χ4n) is 12.9. The van der Waals surface area contributed by atoms with Crippen molar-refractivity contribution < 1.29 is 13.3 Å². The van der Waals surface area contributed by atoms with Gasteiger partial charge in [-0.15, -0.1) is 0 Å². The highest BCUT2D eigenvalue weighted by Crippen LogP contribution is 2.53. The lowest BCUT2D eigenvalue weighted by atomic mass is 9.33. The summed E-state index contributed by atoms with van der Waals surface area (Å²) in [5, 5.41) is 6.37. The van der Waals surface area contributed by atoms with Crippen molar-refractivity contribution in [3.63, 3.8) is 0 Å². The molecule has 0 radical (unpaired) electrons. The van der Waals surface area contributed by atoms with Gasteiger partial charge in [0.1, 0.15) is 33.5 Å². The van der Waals surface area contributed by atoms with Crippen LogP contribution in [0, 0.1) is 0 Å². The number of para-hydroxylation sites is 3. The van der Waals surface area contributed by atoms with Gasteiger partial charge in [0.2, 0.25) is 0 Å². The van der Waals surface area contributed by atoms with Gasteiger partial charge in [-0.3, -0.25) is 0 Å². The summed E-state index contributed by atoms with van der Waals surface area (Å²) in [5.74, 6) is 0. The second-order valence-electron chi connectivity index (χ2n) is 20.7. The van der Waals surface area contributed by atoms with Crippen molar-refractivity contribution in [3.05, 3.63) is 261 Å². The van der Waals surface area contributed by atoms with Crippen LogP contribution in [0.2, 0.25) is 0 Å². The Balaban J connectivity index is 1.06. The third-order valence-electron chi connectivity index (χ3n) is 16.3. The third kappa shape index (κ3) is 6.44. The first-order valence-corrected chi connectivity index (χ1v) is 26.7. The molecule has 15 aromatic rings. The Morgan fingerprint density at radius 2 is 0.628 bits per heavy atom. The van der Waals surface area contributed by atoms with E-state index in [0.717, 1.165) is 161 Å². The van der Waals surface area contributed by atoms with E-state index in [-0.39, 0.29) is 6.71 Å². The maximum Gasteiger partial charge on any atom is 0.252 e. The summed E-state index contributed by atoms with van der Waals surface area (Å²) in [6, 6.07) is 94.2. The van der Waals surface area contributed by atoms with Crippen LogP contribution in [0.15, 0.2) is 274 Å². The number of hydrogen-bond acceptors (Lipinski definition) is 5. The number of fused-ring (bicyclic) bond motifs is 14. The summed E-state index contributed by atoms with van der Waals surface area (Å²) in [6.07, 6.45) is 0. The van der Waals surface area contributed by atoms with Crippen LogP contribution in [0.25, 0.3) is 110 Å². The maximum atomic E-state index is 7.18. The minimum Gasteiger partial charge on any atom is -0.456 e. The van der Waals surface area contributed by atoms with Crippen molar-refractivity contribution in [2.75, 3.05) is 9.80 Å². The number of hydrogen-bond donors (Lipinski definition) is 0. The molecule has 0 N–H and O–H groups in total. The van der Waals surface area contributed by atoms with E-state index in [1.165, 1.54) is 0 Å². The average molecular weight is 995 g/mol. The molecule has 5 heterocycles. The Hall–Kier alpha value is -10.3. The molecule has 0 saturated carbocycles. The monoisotopic (exact) mass is 994 g/mol. The summed E-state index contributed by atoms with van der Waals surface area (Å²) < 4.78 is 21.0. The number of benzene rings is 12. The standard InChI is InChI=1S/C72H43BN2O3/c1-5-19-44(20-6-1)48-33-49(45-21-7-2-8-22-45)36-52(35-48)74-61-39-57-54-27-13-16-30-64(54)76-67(57)41-59(61)73-60-42-68-58(55-28-14-17-31-65(55)77-68)40-62(60)75(72-70-56-29-15-18-32-66(56)78-69(70)43-63(74)71(72)73)53-37-50(46-23-9-3-10-24-46)34-51(38-53)47-25-11-4-12-26-47/h1-43H. The lowest BCUT2D eigenvalue weighted by Gasteiger charge is -2.44. The van der Waals surface area contributed by atoms with Gasteiger partial charge < -0.3 is 23.1 Å². The molecule has 0 saturated heterocycles. The minimum absolute atomic E-state index is 0.280. The lowest BCUT2D eigenvalue weighted by Crippen LogP contribution is -2.61. The molecular weight excluding hydrogens is 952 g/mol. The Bertz CT molecular complexity index is 4800. The first-order chi connectivity index (χ1) is 38.6. The maximum absolute atomic E-state index is 7.18. The van der Waals surface area contributed by atoms with E-state index in [2.05, 4.69) is 271 Å². The van der Waals surface area contributed by atoms with Gasteiger partial charge >= 0.3 is 0 Å². The van der Waals surface area contributed by atoms with E-state index < -0.39 is 0 Å². The molecule has 2 aliphatic heterocycles. The Morgan fingerprint density at radius 1 is 0.256 bits per heavy atom. The first kappa shape index (κ1) is 43.0. The van der Waals surface area contributed by atoms with Gasteiger partial charge in [-0.05, 0) is 140 Å². The van der Waals surface area contributed by atoms with E-state index in [9.17, 15) is 0 Å². The van der Waals surface area contributed by atoms with Gasteiger partial charge in [-0.1, -0.05) is 176 Å². The zero-order chi connectivity index (χ0) is 51.0. The van der Waals surface area contributed by atoms with Crippen molar-refractivity contribution >= 4 is 123 Å². The van der Waals surface area contributed by atoms with Gasteiger partial charge in [-0.25, -0.2) is 0 Å². The molecule has 6 heteroatoms. The van der Waals surface area contributed by atoms with Crippen molar-refractivity contribution in [2.45, 2.75) is 0 Å². The third-order valence-corrected chi connectivity index (χ3v) is 16.3. The number of furan rings is 3. The van der Waals surface area contributed by atoms with Gasteiger partial charge in [0, 0.05) is 61.4 Å². The Labute approximate surface area is 449 Å². The molecular formula is C72H43BN2O3. The van der Waals surface area contributed by atoms with E-state index in [0.29, 0.717) is 0 Å². The van der Waals surface area contributed by atoms with E-state index in [4.69, 9.17) is 13.3 Å². The zero-order valence-corrected chi connectivity index (χ0v) is 42.0. The van der Waals surface area contributed by atoms with Crippen LogP contribution in [-0.2, 0) is 0 Å². The van der Waals surface area contributed by atoms with Crippen molar-refractivity contribution in [2.24, 2.45) is 0 Å². The van der Waals surface area contributed by atoms with Crippen LogP contribution in [0.5, 0.6) is 0 Å². The molecule has 0 bridgehead atoms. The van der Waals surface area contributed by atoms with Crippen molar-refractivity contribution in [1.82, 2.24) is 0 Å². The lowest BCUT2D eigenvalue weighted by molar-refractivity contribution is 0.668. The van der Waals surface area contributed by atoms with Crippen molar-refractivity contribution in [1.29, 1.82) is 0 Å². The van der Waals surface area contributed by atoms with Crippen LogP contribution in [0.3, 0.4) is 0 Å². The number of rotatable bonds is 6. The highest BCUT2D eigenvalue weighted by Gasteiger charge is 2.46. The highest BCUT2D eigenvalue weighted by atomic mass is 16.3. The summed E-state index contributed by atoms with van der Waals surface area (Å²) in [5.41, 5.74) is 23.8. The van der Waals surface area contributed by atoms with Gasteiger partial charge in [0.15, 0.2) is 0 Å². The smallest absolute Gasteiger partial charge is 0.252 e. The van der Waals surface area contributed by atoms with Gasteiger partial charge in [0.05, 0.1) is 11.1 Å². The zero-order valence-electron chi connectivity index (χ0n) is 42.0. The molecule has 17 rings (SSSR count). The average Bonchev–Trinajstić information content (AvgIpc) is 2.94. The molecule has 78 heavy (non-hydrogen) atoms. The highest BCUT2D eigenvalue weighted by molar-refractivity contribution is 7.01. The van der Waals surface area contributed by atoms with E-state index in [1.807, 2.05) is 0 Å². The summed E-state index contributed by atoms with van der Waals surface area (Å²) in [6.45, 7) is -0.280. The van der Waals surface area contributed by atoms with Crippen molar-refractivity contribution in [3.8, 4) is 44.5 Å². The molecule has 12 aromatic carbocycles. The van der Waals surface area contributed by atoms with Gasteiger partial charge in [0.25, 0.3) is 6.71 Å². The molecule has 0 unspecified atom stereocenters. The Morgan fingerprint density at radius 3 is 1.09 bits per heavy atom. The molecule has 0 atom stereocenters. The fourth-order valence-corrected chi connectivity index (χ4v) is 12.9. The molecule has 0 spiro atoms. The fraction of sp³-hybridized carbons (Fsp3) is 0. The summed E-state index contributed by atoms with van der Waals surface area (Å²) >= 11 is 0. The quantitative estimate of drug-likeness (QED) is 0.155. The largest absolute Gasteiger partial charge is 0.456 e. The number of nitrogens with zero attached hydrogens (tertiary/aromatic N) is 2. The summed E-state index contributed by atoms with van der Waals surface area (Å²) in [4.78, 5) is 5.06. The SMILES string of the molecule is c1ccc(-c2cc(-c3ccccc3)cc(N3c4cc5c(cc4B4c6cc7oc8ccccc8c7cc6N(c6cc(-c7ccccc7)cc(-c7ccccc7)c6)c6c4c3cc3oc4ccccc4c63)oc3ccccc35)c2)cc1. The van der Waals surface area contributed by atoms with Crippen LogP contribution in [0.4, 0.5) is 34.1 Å². The second kappa shape index (κ2) is 16.6.